The fraction of sp³-hybridized carbons (Fsp3) is 0.292. The average molecular weight is 423 g/mol. The van der Waals surface area contributed by atoms with E-state index < -0.39 is 6.10 Å². The van der Waals surface area contributed by atoms with E-state index in [9.17, 15) is 4.79 Å². The number of rotatable bonds is 12. The fourth-order valence-electron chi connectivity index (χ4n) is 2.65. The van der Waals surface area contributed by atoms with E-state index in [1.165, 1.54) is 7.11 Å². The zero-order chi connectivity index (χ0) is 22.5. The smallest absolute Gasteiger partial charge is 0.253 e. The van der Waals surface area contributed by atoms with Crippen molar-refractivity contribution in [3.63, 3.8) is 0 Å². The molecule has 1 amide bonds. The lowest BCUT2D eigenvalue weighted by Gasteiger charge is -2.17. The van der Waals surface area contributed by atoms with Gasteiger partial charge in [0.2, 0.25) is 0 Å². The van der Waals surface area contributed by atoms with Crippen molar-refractivity contribution in [1.82, 2.24) is 5.32 Å². The van der Waals surface area contributed by atoms with Crippen molar-refractivity contribution in [2.24, 2.45) is 0 Å². The highest BCUT2D eigenvalue weighted by atomic mass is 16.5. The quantitative estimate of drug-likeness (QED) is 0.418. The van der Waals surface area contributed by atoms with Crippen molar-refractivity contribution in [3.8, 4) is 47.7 Å². The molecule has 7 heteroatoms. The molecule has 2 rings (SSSR count). The molecule has 0 bridgehead atoms. The van der Waals surface area contributed by atoms with Crippen LogP contribution in [0.1, 0.15) is 11.7 Å². The zero-order valence-electron chi connectivity index (χ0n) is 17.6. The van der Waals surface area contributed by atoms with Gasteiger partial charge in [0.05, 0.1) is 20.8 Å². The largest absolute Gasteiger partial charge is 0.497 e. The average Bonchev–Trinajstić information content (AvgIpc) is 2.81. The molecule has 0 saturated carbocycles. The van der Waals surface area contributed by atoms with Gasteiger partial charge in [0, 0.05) is 6.07 Å². The molecule has 2 aromatic carbocycles. The van der Waals surface area contributed by atoms with Gasteiger partial charge in [0.15, 0.2) is 17.6 Å². The van der Waals surface area contributed by atoms with E-state index in [0.29, 0.717) is 28.6 Å². The van der Waals surface area contributed by atoms with Gasteiger partial charge in [-0.2, -0.15) is 0 Å². The van der Waals surface area contributed by atoms with E-state index in [-0.39, 0.29) is 32.3 Å². The second-order valence-corrected chi connectivity index (χ2v) is 6.11. The van der Waals surface area contributed by atoms with Gasteiger partial charge >= 0.3 is 0 Å². The van der Waals surface area contributed by atoms with Gasteiger partial charge in [-0.05, 0) is 29.8 Å². The molecule has 31 heavy (non-hydrogen) atoms. The van der Waals surface area contributed by atoms with Crippen molar-refractivity contribution < 1.29 is 28.5 Å². The van der Waals surface area contributed by atoms with Crippen molar-refractivity contribution in [2.45, 2.75) is 6.10 Å². The van der Waals surface area contributed by atoms with Crippen LogP contribution in [-0.2, 0) is 9.53 Å². The Labute approximate surface area is 182 Å². The van der Waals surface area contributed by atoms with E-state index in [2.05, 4.69) is 17.2 Å². The highest BCUT2D eigenvalue weighted by Gasteiger charge is 2.21. The number of nitrogens with one attached hydrogen (secondary N) is 1. The third-order valence-corrected chi connectivity index (χ3v) is 4.11. The molecule has 0 fully saturated rings. The Kier molecular flexibility index (Phi) is 9.61. The monoisotopic (exact) mass is 423 g/mol. The van der Waals surface area contributed by atoms with Crippen LogP contribution in [0.2, 0.25) is 0 Å². The predicted molar refractivity (Wildman–Crippen MR) is 116 cm³/mol. The van der Waals surface area contributed by atoms with Gasteiger partial charge in [-0.15, -0.1) is 12.8 Å². The summed E-state index contributed by atoms with van der Waals surface area (Å²) in [7, 11) is 3.10. The van der Waals surface area contributed by atoms with Crippen molar-refractivity contribution in [2.75, 3.05) is 40.6 Å². The standard InChI is InChI=1S/C24H25NO6/c1-5-14-30-21-12-11-20(17-22(21)28-4)29-16-13-25-24(26)23(31-15-6-2)18-7-9-19(27-3)10-8-18/h1-2,7-12,17,23H,13-16H2,3-4H3,(H,25,26). The molecule has 2 aromatic rings. The Morgan fingerprint density at radius 3 is 2.29 bits per heavy atom. The molecule has 1 unspecified atom stereocenters. The number of carbonyl (C=O) groups excluding carboxylic acids is 1. The molecule has 0 radical (unpaired) electrons. The lowest BCUT2D eigenvalue weighted by atomic mass is 10.1. The van der Waals surface area contributed by atoms with Crippen LogP contribution in [0, 0.1) is 24.7 Å². The summed E-state index contributed by atoms with van der Waals surface area (Å²) in [5.41, 5.74) is 0.668. The van der Waals surface area contributed by atoms with Crippen LogP contribution in [-0.4, -0.2) is 46.5 Å². The molecule has 162 valence electrons. The second-order valence-electron chi connectivity index (χ2n) is 6.11. The minimum Gasteiger partial charge on any atom is -0.497 e. The number of hydrogen-bond acceptors (Lipinski definition) is 6. The van der Waals surface area contributed by atoms with Crippen LogP contribution in [0.15, 0.2) is 42.5 Å². The number of terminal acetylenes is 2. The number of carbonyl (C=O) groups is 1. The summed E-state index contributed by atoms with van der Waals surface area (Å²) in [5, 5.41) is 2.79. The van der Waals surface area contributed by atoms with Gasteiger partial charge in [0.25, 0.3) is 5.91 Å². The molecule has 0 aliphatic heterocycles. The van der Waals surface area contributed by atoms with Gasteiger partial charge in [-0.25, -0.2) is 0 Å². The number of benzene rings is 2. The van der Waals surface area contributed by atoms with Crippen molar-refractivity contribution >= 4 is 5.91 Å². The Morgan fingerprint density at radius 2 is 1.65 bits per heavy atom. The van der Waals surface area contributed by atoms with E-state index in [4.69, 9.17) is 36.5 Å². The van der Waals surface area contributed by atoms with Crippen LogP contribution >= 0.6 is 0 Å². The molecular weight excluding hydrogens is 398 g/mol. The number of methoxy groups -OCH3 is 2. The summed E-state index contributed by atoms with van der Waals surface area (Å²) in [4.78, 5) is 12.6. The zero-order valence-corrected chi connectivity index (χ0v) is 17.6. The second kappa shape index (κ2) is 12.7. The highest BCUT2D eigenvalue weighted by molar-refractivity contribution is 5.82. The number of hydrogen-bond donors (Lipinski definition) is 1. The molecule has 1 N–H and O–H groups in total. The topological polar surface area (TPSA) is 75.3 Å². The Morgan fingerprint density at radius 1 is 0.935 bits per heavy atom. The van der Waals surface area contributed by atoms with Gasteiger partial charge in [-0.1, -0.05) is 24.0 Å². The van der Waals surface area contributed by atoms with Gasteiger partial charge in [0.1, 0.15) is 31.3 Å². The lowest BCUT2D eigenvalue weighted by Crippen LogP contribution is -2.34. The first-order valence-electron chi connectivity index (χ1n) is 9.46. The summed E-state index contributed by atoms with van der Waals surface area (Å²) < 4.78 is 27.0. The SMILES string of the molecule is C#CCOc1ccc(OCCNC(=O)C(OCC#C)c2ccc(OC)cc2)cc1OC. The maximum absolute atomic E-state index is 12.6. The predicted octanol–water partition coefficient (Wildman–Crippen LogP) is 2.60. The molecule has 7 nitrogen and oxygen atoms in total. The van der Waals surface area contributed by atoms with Crippen LogP contribution in [0.3, 0.4) is 0 Å². The summed E-state index contributed by atoms with van der Waals surface area (Å²) in [6.45, 7) is 0.653. The van der Waals surface area contributed by atoms with E-state index in [0.717, 1.165) is 0 Å². The molecule has 0 saturated heterocycles. The Hall–Kier alpha value is -3.81. The molecule has 1 atom stereocenters. The summed E-state index contributed by atoms with van der Waals surface area (Å²) >= 11 is 0. The maximum atomic E-state index is 12.6. The molecule has 0 aliphatic rings. The van der Waals surface area contributed by atoms with Crippen molar-refractivity contribution in [1.29, 1.82) is 0 Å². The number of ether oxygens (including phenoxy) is 5. The summed E-state index contributed by atoms with van der Waals surface area (Å²) in [5.74, 6) is 6.72. The minimum absolute atomic E-state index is 0.00844. The fourth-order valence-corrected chi connectivity index (χ4v) is 2.65. The first-order valence-corrected chi connectivity index (χ1v) is 9.46. The van der Waals surface area contributed by atoms with Gasteiger partial charge < -0.3 is 29.0 Å². The van der Waals surface area contributed by atoms with Crippen molar-refractivity contribution in [3.05, 3.63) is 48.0 Å². The molecule has 0 aliphatic carbocycles. The molecule has 0 heterocycles. The third kappa shape index (κ3) is 7.18. The van der Waals surface area contributed by atoms with Crippen LogP contribution in [0.25, 0.3) is 0 Å². The lowest BCUT2D eigenvalue weighted by molar-refractivity contribution is -0.132. The van der Waals surface area contributed by atoms with Gasteiger partial charge in [-0.3, -0.25) is 4.79 Å². The highest BCUT2D eigenvalue weighted by Crippen LogP contribution is 2.31. The van der Waals surface area contributed by atoms with Crippen LogP contribution < -0.4 is 24.3 Å². The van der Waals surface area contributed by atoms with E-state index in [1.807, 2.05) is 0 Å². The molecular formula is C24H25NO6. The molecule has 0 spiro atoms. The first-order chi connectivity index (χ1) is 15.1. The van der Waals surface area contributed by atoms with E-state index in [1.54, 1.807) is 49.6 Å². The van der Waals surface area contributed by atoms with Crippen LogP contribution in [0.4, 0.5) is 0 Å². The third-order valence-electron chi connectivity index (χ3n) is 4.11. The van der Waals surface area contributed by atoms with E-state index >= 15 is 0 Å². The molecule has 0 aromatic heterocycles. The maximum Gasteiger partial charge on any atom is 0.253 e. The summed E-state index contributed by atoms with van der Waals surface area (Å²) in [6, 6.07) is 12.1. The summed E-state index contributed by atoms with van der Waals surface area (Å²) in [6.07, 6.45) is 9.64. The minimum atomic E-state index is -0.838. The normalized spacial score (nSPS) is 10.8. The first kappa shape index (κ1) is 23.5. The van der Waals surface area contributed by atoms with Crippen LogP contribution in [0.5, 0.6) is 23.0 Å². The Bertz CT molecular complexity index is 927. The number of amides is 1. The Balaban J connectivity index is 1.91.